The highest BCUT2D eigenvalue weighted by molar-refractivity contribution is 5.83. The van der Waals surface area contributed by atoms with Crippen molar-refractivity contribution >= 4 is 5.91 Å². The van der Waals surface area contributed by atoms with Crippen LogP contribution in [0.25, 0.3) is 0 Å². The van der Waals surface area contributed by atoms with Gasteiger partial charge in [0.25, 0.3) is 0 Å². The zero-order valence-corrected chi connectivity index (χ0v) is 14.0. The maximum atomic E-state index is 13.1. The van der Waals surface area contributed by atoms with Crippen LogP contribution in [-0.4, -0.2) is 30.6 Å². The number of ether oxygens (including phenoxy) is 2. The number of amides is 1. The van der Waals surface area contributed by atoms with E-state index in [9.17, 15) is 4.79 Å². The first-order chi connectivity index (χ1) is 12.3. The van der Waals surface area contributed by atoms with Gasteiger partial charge in [-0.15, -0.1) is 0 Å². The summed E-state index contributed by atoms with van der Waals surface area (Å²) in [5, 5.41) is 0. The fraction of sp³-hybridized carbons (Fsp3) is 0.450. The van der Waals surface area contributed by atoms with Gasteiger partial charge in [0.1, 0.15) is 19.0 Å². The van der Waals surface area contributed by atoms with E-state index in [2.05, 4.69) is 6.07 Å². The second-order valence-corrected chi connectivity index (χ2v) is 7.03. The van der Waals surface area contributed by atoms with Crippen molar-refractivity contribution in [2.24, 2.45) is 5.92 Å². The Morgan fingerprint density at radius 1 is 1.12 bits per heavy atom. The van der Waals surface area contributed by atoms with E-state index in [4.69, 9.17) is 13.9 Å². The van der Waals surface area contributed by atoms with Crippen LogP contribution >= 0.6 is 0 Å². The Morgan fingerprint density at radius 3 is 2.92 bits per heavy atom. The summed E-state index contributed by atoms with van der Waals surface area (Å²) in [6.07, 6.45) is 4.58. The first-order valence-electron chi connectivity index (χ1n) is 9.05. The molecule has 3 unspecified atom stereocenters. The zero-order chi connectivity index (χ0) is 16.8. The summed E-state index contributed by atoms with van der Waals surface area (Å²) >= 11 is 0. The number of furan rings is 1. The minimum absolute atomic E-state index is 0.0588. The molecule has 5 heteroatoms. The second kappa shape index (κ2) is 5.83. The molecule has 5 rings (SSSR count). The average molecular weight is 339 g/mol. The van der Waals surface area contributed by atoms with Crippen LogP contribution < -0.4 is 9.47 Å². The summed E-state index contributed by atoms with van der Waals surface area (Å²) in [6, 6.07) is 9.95. The predicted octanol–water partition coefficient (Wildman–Crippen LogP) is 3.52. The standard InChI is InChI=1S/C20H21NO4/c22-20(15-12-14(15)17-7-3-9-23-17)21-8-2-5-16(21)13-4-1-6-18-19(13)25-11-10-24-18/h1,3-4,6-7,9,14-16H,2,5,8,10-12H2. The van der Waals surface area contributed by atoms with Crippen LogP contribution in [0.2, 0.25) is 0 Å². The summed E-state index contributed by atoms with van der Waals surface area (Å²) in [5.74, 6) is 3.09. The Hall–Kier alpha value is -2.43. The monoisotopic (exact) mass is 339 g/mol. The summed E-state index contributed by atoms with van der Waals surface area (Å²) in [5.41, 5.74) is 1.08. The quantitative estimate of drug-likeness (QED) is 0.858. The highest BCUT2D eigenvalue weighted by Gasteiger charge is 2.49. The molecular formula is C20H21NO4. The van der Waals surface area contributed by atoms with E-state index in [1.807, 2.05) is 29.2 Å². The zero-order valence-electron chi connectivity index (χ0n) is 14.0. The minimum atomic E-state index is 0.0588. The number of hydrogen-bond donors (Lipinski definition) is 0. The van der Waals surface area contributed by atoms with Crippen molar-refractivity contribution in [3.8, 4) is 11.5 Å². The number of para-hydroxylation sites is 1. The van der Waals surface area contributed by atoms with Gasteiger partial charge in [-0.25, -0.2) is 0 Å². The summed E-state index contributed by atoms with van der Waals surface area (Å²) in [4.78, 5) is 15.1. The number of rotatable bonds is 3. The van der Waals surface area contributed by atoms with Crippen LogP contribution in [0, 0.1) is 5.92 Å². The van der Waals surface area contributed by atoms with E-state index in [0.29, 0.717) is 13.2 Å². The number of fused-ring (bicyclic) bond motifs is 1. The van der Waals surface area contributed by atoms with Crippen molar-refractivity contribution in [1.82, 2.24) is 4.90 Å². The molecule has 1 aliphatic carbocycles. The van der Waals surface area contributed by atoms with E-state index in [0.717, 1.165) is 48.6 Å². The molecule has 3 atom stereocenters. The number of benzene rings is 1. The first-order valence-corrected chi connectivity index (χ1v) is 9.05. The molecule has 3 aliphatic rings. The lowest BCUT2D eigenvalue weighted by molar-refractivity contribution is -0.133. The molecular weight excluding hydrogens is 318 g/mol. The predicted molar refractivity (Wildman–Crippen MR) is 90.7 cm³/mol. The smallest absolute Gasteiger partial charge is 0.226 e. The lowest BCUT2D eigenvalue weighted by Gasteiger charge is -2.29. The minimum Gasteiger partial charge on any atom is -0.486 e. The van der Waals surface area contributed by atoms with E-state index >= 15 is 0 Å². The SMILES string of the molecule is O=C(C1CC1c1ccco1)N1CCCC1c1cccc2c1OCCO2. The second-order valence-electron chi connectivity index (χ2n) is 7.03. The molecule has 1 aromatic carbocycles. The average Bonchev–Trinajstić information content (AvgIpc) is 3.07. The molecule has 0 radical (unpaired) electrons. The van der Waals surface area contributed by atoms with Crippen LogP contribution in [-0.2, 0) is 4.79 Å². The number of likely N-dealkylation sites (tertiary alicyclic amines) is 1. The topological polar surface area (TPSA) is 51.9 Å². The Labute approximate surface area is 146 Å². The molecule has 2 fully saturated rings. The van der Waals surface area contributed by atoms with Crippen molar-refractivity contribution in [1.29, 1.82) is 0 Å². The molecule has 1 aromatic heterocycles. The van der Waals surface area contributed by atoms with Gasteiger partial charge in [0, 0.05) is 23.9 Å². The van der Waals surface area contributed by atoms with E-state index < -0.39 is 0 Å². The fourth-order valence-electron chi connectivity index (χ4n) is 4.21. The normalized spacial score (nSPS) is 27.4. The van der Waals surface area contributed by atoms with Crippen LogP contribution in [0.15, 0.2) is 41.0 Å². The Bertz CT molecular complexity index is 785. The van der Waals surface area contributed by atoms with Gasteiger partial charge in [-0.3, -0.25) is 4.79 Å². The first kappa shape index (κ1) is 14.9. The van der Waals surface area contributed by atoms with Gasteiger partial charge in [-0.1, -0.05) is 12.1 Å². The lowest BCUT2D eigenvalue weighted by atomic mass is 10.0. The third-order valence-corrected chi connectivity index (χ3v) is 5.51. The number of hydrogen-bond acceptors (Lipinski definition) is 4. The largest absolute Gasteiger partial charge is 0.486 e. The van der Waals surface area contributed by atoms with Gasteiger partial charge >= 0.3 is 0 Å². The number of nitrogens with zero attached hydrogens (tertiary/aromatic N) is 1. The van der Waals surface area contributed by atoms with Crippen molar-refractivity contribution in [2.75, 3.05) is 19.8 Å². The summed E-state index contributed by atoms with van der Waals surface area (Å²) < 4.78 is 17.1. The van der Waals surface area contributed by atoms with Gasteiger partial charge in [0.15, 0.2) is 11.5 Å². The molecule has 0 spiro atoms. The molecule has 5 nitrogen and oxygen atoms in total. The molecule has 0 bridgehead atoms. The highest BCUT2D eigenvalue weighted by Crippen LogP contribution is 2.51. The maximum absolute atomic E-state index is 13.1. The van der Waals surface area contributed by atoms with E-state index in [1.54, 1.807) is 6.26 Å². The summed E-state index contributed by atoms with van der Waals surface area (Å²) in [6.45, 7) is 1.96. The van der Waals surface area contributed by atoms with Crippen molar-refractivity contribution < 1.29 is 18.7 Å². The number of carbonyl (C=O) groups excluding carboxylic acids is 1. The van der Waals surface area contributed by atoms with Crippen LogP contribution in [0.1, 0.15) is 42.5 Å². The third kappa shape index (κ3) is 2.49. The molecule has 1 amide bonds. The highest BCUT2D eigenvalue weighted by atomic mass is 16.6. The lowest BCUT2D eigenvalue weighted by Crippen LogP contribution is -2.32. The van der Waals surface area contributed by atoms with Gasteiger partial charge in [0.2, 0.25) is 5.91 Å². The third-order valence-electron chi connectivity index (χ3n) is 5.51. The van der Waals surface area contributed by atoms with Gasteiger partial charge < -0.3 is 18.8 Å². The number of carbonyl (C=O) groups is 1. The molecule has 3 heterocycles. The molecule has 25 heavy (non-hydrogen) atoms. The summed E-state index contributed by atoms with van der Waals surface area (Å²) in [7, 11) is 0. The Balaban J connectivity index is 1.39. The fourth-order valence-corrected chi connectivity index (χ4v) is 4.21. The molecule has 1 saturated heterocycles. The molecule has 2 aliphatic heterocycles. The van der Waals surface area contributed by atoms with E-state index in [1.165, 1.54) is 0 Å². The van der Waals surface area contributed by atoms with Gasteiger partial charge in [-0.2, -0.15) is 0 Å². The van der Waals surface area contributed by atoms with Crippen molar-refractivity contribution in [3.05, 3.63) is 47.9 Å². The van der Waals surface area contributed by atoms with Crippen LogP contribution in [0.5, 0.6) is 11.5 Å². The molecule has 1 saturated carbocycles. The Morgan fingerprint density at radius 2 is 2.04 bits per heavy atom. The maximum Gasteiger partial charge on any atom is 0.226 e. The van der Waals surface area contributed by atoms with Crippen molar-refractivity contribution in [3.63, 3.8) is 0 Å². The Kier molecular flexibility index (Phi) is 3.47. The molecule has 130 valence electrons. The van der Waals surface area contributed by atoms with Gasteiger partial charge in [-0.05, 0) is 37.5 Å². The van der Waals surface area contributed by atoms with Crippen LogP contribution in [0.3, 0.4) is 0 Å². The molecule has 0 N–H and O–H groups in total. The van der Waals surface area contributed by atoms with Crippen molar-refractivity contribution in [2.45, 2.75) is 31.2 Å². The van der Waals surface area contributed by atoms with Gasteiger partial charge in [0.05, 0.1) is 12.3 Å². The van der Waals surface area contributed by atoms with E-state index in [-0.39, 0.29) is 23.8 Å². The van der Waals surface area contributed by atoms with Crippen LogP contribution in [0.4, 0.5) is 0 Å². The molecule has 2 aromatic rings.